The van der Waals surface area contributed by atoms with E-state index in [9.17, 15) is 10.1 Å². The fourth-order valence-corrected chi connectivity index (χ4v) is 4.75. The van der Waals surface area contributed by atoms with Crippen LogP contribution in [0.1, 0.15) is 11.1 Å². The third kappa shape index (κ3) is 2.64. The predicted molar refractivity (Wildman–Crippen MR) is 131 cm³/mol. The van der Waals surface area contributed by atoms with Gasteiger partial charge in [-0.1, -0.05) is 84.4 Å². The number of nitrogens with one attached hydrogen (secondary N) is 1. The molecule has 150 valence electrons. The molecule has 32 heavy (non-hydrogen) atoms. The quantitative estimate of drug-likeness (QED) is 0.320. The second-order valence-corrected chi connectivity index (χ2v) is 8.25. The van der Waals surface area contributed by atoms with Crippen LogP contribution in [0.3, 0.4) is 0 Å². The van der Waals surface area contributed by atoms with E-state index in [0.29, 0.717) is 11.3 Å². The van der Waals surface area contributed by atoms with Crippen molar-refractivity contribution in [1.82, 2.24) is 4.98 Å². The number of aromatic amines is 1. The predicted octanol–water partition coefficient (Wildman–Crippen LogP) is 6.79. The van der Waals surface area contributed by atoms with Crippen LogP contribution in [0.25, 0.3) is 54.7 Å². The lowest BCUT2D eigenvalue weighted by molar-refractivity contribution is 1.22. The van der Waals surface area contributed by atoms with Gasteiger partial charge in [0.1, 0.15) is 11.6 Å². The first-order chi connectivity index (χ1) is 15.6. The summed E-state index contributed by atoms with van der Waals surface area (Å²) < 4.78 is 0. The maximum atomic E-state index is 12.9. The highest BCUT2D eigenvalue weighted by atomic mass is 16.1. The van der Waals surface area contributed by atoms with Crippen molar-refractivity contribution in [2.75, 3.05) is 0 Å². The molecule has 0 aliphatic heterocycles. The van der Waals surface area contributed by atoms with Crippen molar-refractivity contribution in [3.05, 3.63) is 106 Å². The minimum Gasteiger partial charge on any atom is -0.321 e. The summed E-state index contributed by atoms with van der Waals surface area (Å²) in [6.07, 6.45) is 0. The lowest BCUT2D eigenvalue weighted by Crippen LogP contribution is -2.12. The van der Waals surface area contributed by atoms with Gasteiger partial charge in [-0.15, -0.1) is 0 Å². The van der Waals surface area contributed by atoms with Crippen LogP contribution in [0, 0.1) is 18.3 Å². The van der Waals surface area contributed by atoms with Crippen LogP contribution in [0.5, 0.6) is 0 Å². The minimum atomic E-state index is -0.369. The molecule has 3 heteroatoms. The van der Waals surface area contributed by atoms with E-state index in [0.717, 1.165) is 22.1 Å². The van der Waals surface area contributed by atoms with E-state index in [4.69, 9.17) is 0 Å². The van der Waals surface area contributed by atoms with Crippen molar-refractivity contribution >= 4 is 32.3 Å². The highest BCUT2D eigenvalue weighted by Crippen LogP contribution is 2.39. The van der Waals surface area contributed by atoms with Gasteiger partial charge >= 0.3 is 0 Å². The molecule has 0 saturated carbocycles. The number of H-pyrrole nitrogens is 1. The van der Waals surface area contributed by atoms with E-state index in [-0.39, 0.29) is 11.1 Å². The Hall–Kier alpha value is -4.42. The van der Waals surface area contributed by atoms with Gasteiger partial charge in [-0.25, -0.2) is 0 Å². The van der Waals surface area contributed by atoms with E-state index >= 15 is 0 Å². The molecule has 0 aliphatic carbocycles. The van der Waals surface area contributed by atoms with Gasteiger partial charge in [-0.2, -0.15) is 5.26 Å². The largest absolute Gasteiger partial charge is 0.321 e. The summed E-state index contributed by atoms with van der Waals surface area (Å²) in [4.78, 5) is 15.9. The van der Waals surface area contributed by atoms with E-state index in [1.54, 1.807) is 0 Å². The number of aromatic nitrogens is 1. The van der Waals surface area contributed by atoms with Crippen molar-refractivity contribution in [3.63, 3.8) is 0 Å². The normalized spacial score (nSPS) is 11.4. The second-order valence-electron chi connectivity index (χ2n) is 8.25. The van der Waals surface area contributed by atoms with Gasteiger partial charge in [-0.3, -0.25) is 4.79 Å². The van der Waals surface area contributed by atoms with Crippen molar-refractivity contribution < 1.29 is 0 Å². The second kappa shape index (κ2) is 6.80. The van der Waals surface area contributed by atoms with Crippen LogP contribution in [-0.2, 0) is 0 Å². The van der Waals surface area contributed by atoms with Crippen LogP contribution in [-0.4, -0.2) is 4.98 Å². The molecule has 0 atom stereocenters. The Morgan fingerprint density at radius 1 is 0.750 bits per heavy atom. The number of rotatable bonds is 2. The topological polar surface area (TPSA) is 56.6 Å². The molecule has 6 rings (SSSR count). The molecule has 0 radical (unpaired) electrons. The molecule has 0 aliphatic rings. The Bertz CT molecular complexity index is 1740. The van der Waals surface area contributed by atoms with E-state index < -0.39 is 0 Å². The third-order valence-electron chi connectivity index (χ3n) is 6.33. The van der Waals surface area contributed by atoms with Gasteiger partial charge in [-0.05, 0) is 50.9 Å². The highest BCUT2D eigenvalue weighted by molar-refractivity contribution is 6.25. The summed E-state index contributed by atoms with van der Waals surface area (Å²) in [5.74, 6) is 0. The number of pyridine rings is 1. The maximum Gasteiger partial charge on any atom is 0.266 e. The molecule has 6 aromatic rings. The Balaban J connectivity index is 1.68. The first kappa shape index (κ1) is 18.4. The van der Waals surface area contributed by atoms with Gasteiger partial charge in [0, 0.05) is 16.8 Å². The SMILES string of the molecule is Cc1ccc(-c2cc(-c3ccc4ccc5cccc6ccc3c4c56)[nH]c(=O)c2C#N)cc1. The standard InChI is InChI=1S/C29H18N2O/c1-17-5-7-18(8-6-17)24-15-26(31-29(32)25(24)16-30)22-13-11-21-10-9-19-3-2-4-20-12-14-23(22)28(21)27(19)20/h2-15H,1H3,(H,31,32). The van der Waals surface area contributed by atoms with Crippen LogP contribution in [0.2, 0.25) is 0 Å². The smallest absolute Gasteiger partial charge is 0.266 e. The maximum absolute atomic E-state index is 12.9. The Morgan fingerprint density at radius 2 is 1.41 bits per heavy atom. The van der Waals surface area contributed by atoms with Gasteiger partial charge in [0.05, 0.1) is 0 Å². The summed E-state index contributed by atoms with van der Waals surface area (Å²) in [5.41, 5.74) is 4.06. The average Bonchev–Trinajstić information content (AvgIpc) is 2.82. The van der Waals surface area contributed by atoms with Gasteiger partial charge in [0.2, 0.25) is 0 Å². The van der Waals surface area contributed by atoms with Crippen LogP contribution < -0.4 is 5.56 Å². The Kier molecular flexibility index (Phi) is 3.90. The van der Waals surface area contributed by atoms with Gasteiger partial charge in [0.15, 0.2) is 0 Å². The summed E-state index contributed by atoms with van der Waals surface area (Å²) in [7, 11) is 0. The molecule has 0 saturated heterocycles. The molecule has 0 fully saturated rings. The van der Waals surface area contributed by atoms with Crippen molar-refractivity contribution in [3.8, 4) is 28.5 Å². The molecule has 0 amide bonds. The van der Waals surface area contributed by atoms with Gasteiger partial charge < -0.3 is 4.98 Å². The third-order valence-corrected chi connectivity index (χ3v) is 6.33. The number of aryl methyl sites for hydroxylation is 1. The number of hydrogen-bond donors (Lipinski definition) is 1. The lowest BCUT2D eigenvalue weighted by Gasteiger charge is -2.15. The highest BCUT2D eigenvalue weighted by Gasteiger charge is 2.16. The van der Waals surface area contributed by atoms with Crippen LogP contribution >= 0.6 is 0 Å². The molecule has 0 spiro atoms. The first-order valence-corrected chi connectivity index (χ1v) is 10.6. The van der Waals surface area contributed by atoms with Gasteiger partial charge in [0.25, 0.3) is 5.56 Å². The molecule has 3 nitrogen and oxygen atoms in total. The first-order valence-electron chi connectivity index (χ1n) is 10.6. The summed E-state index contributed by atoms with van der Waals surface area (Å²) in [6, 6.07) is 31.0. The Morgan fingerprint density at radius 3 is 2.12 bits per heavy atom. The van der Waals surface area contributed by atoms with Crippen molar-refractivity contribution in [2.45, 2.75) is 6.92 Å². The van der Waals surface area contributed by atoms with Crippen molar-refractivity contribution in [2.24, 2.45) is 0 Å². The van der Waals surface area contributed by atoms with Crippen LogP contribution in [0.15, 0.2) is 89.7 Å². The fourth-order valence-electron chi connectivity index (χ4n) is 4.75. The zero-order valence-corrected chi connectivity index (χ0v) is 17.4. The molecule has 0 unspecified atom stereocenters. The number of nitrogens with zero attached hydrogens (tertiary/aromatic N) is 1. The molecule has 0 bridgehead atoms. The number of benzene rings is 5. The minimum absolute atomic E-state index is 0.135. The monoisotopic (exact) mass is 410 g/mol. The molecule has 1 N–H and O–H groups in total. The zero-order chi connectivity index (χ0) is 21.8. The van der Waals surface area contributed by atoms with Crippen LogP contribution in [0.4, 0.5) is 0 Å². The summed E-state index contributed by atoms with van der Waals surface area (Å²) >= 11 is 0. The molecular formula is C29H18N2O. The number of nitriles is 1. The van der Waals surface area contributed by atoms with E-state index in [1.807, 2.05) is 37.3 Å². The fraction of sp³-hybridized carbons (Fsp3) is 0.0345. The summed E-state index contributed by atoms with van der Waals surface area (Å²) in [5, 5.41) is 16.7. The molecular weight excluding hydrogens is 392 g/mol. The average molecular weight is 410 g/mol. The molecule has 1 aromatic heterocycles. The molecule has 1 heterocycles. The zero-order valence-electron chi connectivity index (χ0n) is 17.4. The number of hydrogen-bond acceptors (Lipinski definition) is 2. The summed E-state index contributed by atoms with van der Waals surface area (Å²) in [6.45, 7) is 2.02. The van der Waals surface area contributed by atoms with E-state index in [1.165, 1.54) is 26.9 Å². The van der Waals surface area contributed by atoms with E-state index in [2.05, 4.69) is 65.7 Å². The Labute approximate surface area is 184 Å². The van der Waals surface area contributed by atoms with Crippen molar-refractivity contribution in [1.29, 1.82) is 5.26 Å². The lowest BCUT2D eigenvalue weighted by atomic mass is 9.90. The molecule has 5 aromatic carbocycles.